The van der Waals surface area contributed by atoms with Gasteiger partial charge >= 0.3 is 5.97 Å². The molecule has 2 aromatic rings. The normalized spacial score (nSPS) is 16.2. The Bertz CT molecular complexity index is 1510. The first-order valence-corrected chi connectivity index (χ1v) is 16.6. The summed E-state index contributed by atoms with van der Waals surface area (Å²) >= 11 is 1.33. The first-order valence-electron chi connectivity index (χ1n) is 15.7. The molecular weight excluding hydrogens is 594 g/mol. The number of carbonyl (C=O) groups excluding carboxylic acids is 1. The molecule has 2 heterocycles. The third-order valence-corrected chi connectivity index (χ3v) is 10.2. The van der Waals surface area contributed by atoms with Crippen molar-refractivity contribution in [3.8, 4) is 11.4 Å². The van der Waals surface area contributed by atoms with Crippen LogP contribution in [-0.2, 0) is 28.0 Å². The zero-order chi connectivity index (χ0) is 33.9. The molecule has 0 amide bonds. The SMILES string of the molecule is C=C(S/C=C(\CC)CC1(C(=O)O)CC1)[C@](C)(C(=O)CC)c1c(C)nc(-c2c(/C=C\C)c(C)n(CCC(C)(F)F)c2CC)nc1N. The number of halogens is 2. The van der Waals surface area contributed by atoms with Crippen molar-refractivity contribution in [3.63, 3.8) is 0 Å². The molecule has 246 valence electrons. The summed E-state index contributed by atoms with van der Waals surface area (Å²) in [6.07, 6.45) is 6.83. The van der Waals surface area contributed by atoms with Gasteiger partial charge in [-0.05, 0) is 77.0 Å². The van der Waals surface area contributed by atoms with Crippen LogP contribution in [0.2, 0.25) is 0 Å². The standard InChI is InChI=1S/C35H48F2N4O3S/c1-10-14-25-22(6)41(18-17-33(8,36)37)26(12-3)28(25)31-39-21(5)29(30(38)40-31)34(9,27(42)13-4)23(7)45-20-24(11-2)19-35(15-16-35)32(43)44/h10,14,20H,7,11-13,15-19H2,1-6,8-9H3,(H,43,44)(H2,38,39,40)/b14-10-,24-20+/t34-/m1/s1. The zero-order valence-corrected chi connectivity index (χ0v) is 28.8. The number of thioether (sulfide) groups is 1. The van der Waals surface area contributed by atoms with Gasteiger partial charge in [-0.2, -0.15) is 0 Å². The second kappa shape index (κ2) is 14.0. The molecule has 10 heteroatoms. The van der Waals surface area contributed by atoms with Crippen molar-refractivity contribution in [2.75, 3.05) is 5.73 Å². The van der Waals surface area contributed by atoms with E-state index in [1.54, 1.807) is 20.8 Å². The maximum Gasteiger partial charge on any atom is 0.309 e. The number of hydrogen-bond donors (Lipinski definition) is 2. The average Bonchev–Trinajstić information content (AvgIpc) is 3.71. The minimum atomic E-state index is -2.80. The van der Waals surface area contributed by atoms with Crippen molar-refractivity contribution < 1.29 is 23.5 Å². The number of aliphatic carboxylic acids is 1. The number of anilines is 1. The molecule has 1 aliphatic rings. The minimum absolute atomic E-state index is 0.0897. The monoisotopic (exact) mass is 642 g/mol. The van der Waals surface area contributed by atoms with Crippen molar-refractivity contribution in [1.82, 2.24) is 14.5 Å². The van der Waals surface area contributed by atoms with Crippen LogP contribution >= 0.6 is 11.8 Å². The number of nitrogens with two attached hydrogens (primary N) is 1. The fourth-order valence-corrected chi connectivity index (χ4v) is 7.12. The van der Waals surface area contributed by atoms with Crippen LogP contribution in [0.25, 0.3) is 17.5 Å². The largest absolute Gasteiger partial charge is 0.481 e. The quantitative estimate of drug-likeness (QED) is 0.188. The number of hydrogen-bond acceptors (Lipinski definition) is 6. The van der Waals surface area contributed by atoms with Gasteiger partial charge in [-0.3, -0.25) is 9.59 Å². The molecule has 0 aliphatic heterocycles. The van der Waals surface area contributed by atoms with Gasteiger partial charge in [0.2, 0.25) is 5.92 Å². The van der Waals surface area contributed by atoms with E-state index in [2.05, 4.69) is 6.58 Å². The summed E-state index contributed by atoms with van der Waals surface area (Å²) < 4.78 is 29.7. The maximum absolute atomic E-state index is 13.9. The topological polar surface area (TPSA) is 111 Å². The second-order valence-corrected chi connectivity index (χ2v) is 13.3. The number of alkyl halides is 2. The average molecular weight is 643 g/mol. The van der Waals surface area contributed by atoms with E-state index in [1.165, 1.54) is 11.8 Å². The van der Waals surface area contributed by atoms with E-state index in [0.717, 1.165) is 35.0 Å². The highest BCUT2D eigenvalue weighted by atomic mass is 32.2. The number of nitrogen functional groups attached to an aromatic ring is 1. The fourth-order valence-electron chi connectivity index (χ4n) is 6.10. The van der Waals surface area contributed by atoms with E-state index in [-0.39, 0.29) is 31.0 Å². The molecule has 1 aliphatic carbocycles. The number of carboxylic acid groups (broad SMARTS) is 1. The maximum atomic E-state index is 13.9. The van der Waals surface area contributed by atoms with E-state index >= 15 is 0 Å². The summed E-state index contributed by atoms with van der Waals surface area (Å²) in [7, 11) is 0. The van der Waals surface area contributed by atoms with Crippen molar-refractivity contribution >= 4 is 35.4 Å². The number of aromatic nitrogens is 3. The summed E-state index contributed by atoms with van der Waals surface area (Å²) in [4.78, 5) is 35.7. The Morgan fingerprint density at radius 3 is 2.27 bits per heavy atom. The predicted octanol–water partition coefficient (Wildman–Crippen LogP) is 8.82. The first kappa shape index (κ1) is 36.2. The molecule has 0 unspecified atom stereocenters. The van der Waals surface area contributed by atoms with E-state index < -0.39 is 22.7 Å². The number of allylic oxidation sites excluding steroid dienone is 3. The van der Waals surface area contributed by atoms with Crippen molar-refractivity contribution in [1.29, 1.82) is 0 Å². The number of ketones is 1. The van der Waals surface area contributed by atoms with E-state index in [1.807, 2.05) is 49.8 Å². The zero-order valence-electron chi connectivity index (χ0n) is 27.9. The van der Waals surface area contributed by atoms with E-state index in [4.69, 9.17) is 15.7 Å². The highest BCUT2D eigenvalue weighted by Crippen LogP contribution is 2.52. The van der Waals surface area contributed by atoms with Crippen molar-refractivity contribution in [3.05, 3.63) is 56.7 Å². The van der Waals surface area contributed by atoms with Gasteiger partial charge in [0.1, 0.15) is 11.6 Å². The molecule has 0 radical (unpaired) electrons. The van der Waals surface area contributed by atoms with Crippen LogP contribution in [-0.4, -0.2) is 37.3 Å². The van der Waals surface area contributed by atoms with Crippen LogP contribution in [0, 0.1) is 19.3 Å². The molecule has 0 bridgehead atoms. The van der Waals surface area contributed by atoms with Crippen LogP contribution in [0.4, 0.5) is 14.6 Å². The second-order valence-electron chi connectivity index (χ2n) is 12.4. The van der Waals surface area contributed by atoms with Gasteiger partial charge in [0.05, 0.1) is 10.8 Å². The van der Waals surface area contributed by atoms with E-state index in [9.17, 15) is 23.5 Å². The molecule has 1 atom stereocenters. The number of carboxylic acids is 1. The Morgan fingerprint density at radius 2 is 1.80 bits per heavy atom. The number of aryl methyl sites for hydroxylation is 1. The van der Waals surface area contributed by atoms with E-state index in [0.29, 0.717) is 54.1 Å². The van der Waals surface area contributed by atoms with Crippen LogP contribution in [0.1, 0.15) is 108 Å². The predicted molar refractivity (Wildman–Crippen MR) is 180 cm³/mol. The van der Waals surface area contributed by atoms with Gasteiger partial charge in [-0.1, -0.05) is 45.1 Å². The molecule has 3 rings (SSSR count). The third kappa shape index (κ3) is 7.42. The summed E-state index contributed by atoms with van der Waals surface area (Å²) in [6, 6.07) is 0. The summed E-state index contributed by atoms with van der Waals surface area (Å²) in [5, 5.41) is 11.6. The minimum Gasteiger partial charge on any atom is -0.481 e. The Morgan fingerprint density at radius 1 is 1.16 bits per heavy atom. The van der Waals surface area contributed by atoms with Crippen LogP contribution in [0.15, 0.2) is 28.5 Å². The molecule has 7 nitrogen and oxygen atoms in total. The molecule has 1 saturated carbocycles. The lowest BCUT2D eigenvalue weighted by Gasteiger charge is -2.32. The van der Waals surface area contributed by atoms with Gasteiger partial charge in [-0.15, -0.1) is 11.8 Å². The molecule has 0 aromatic carbocycles. The Kier molecular flexibility index (Phi) is 11.3. The van der Waals surface area contributed by atoms with Gasteiger partial charge in [0.25, 0.3) is 0 Å². The lowest BCUT2D eigenvalue weighted by molar-refractivity contribution is -0.143. The lowest BCUT2D eigenvalue weighted by Crippen LogP contribution is -2.35. The highest BCUT2D eigenvalue weighted by Gasteiger charge is 2.50. The van der Waals surface area contributed by atoms with Crippen molar-refractivity contribution in [2.24, 2.45) is 5.41 Å². The lowest BCUT2D eigenvalue weighted by atomic mass is 9.76. The first-order chi connectivity index (χ1) is 21.0. The number of nitrogens with zero attached hydrogens (tertiary/aromatic N) is 3. The fraction of sp³-hybridized carbons (Fsp3) is 0.543. The number of rotatable bonds is 16. The van der Waals surface area contributed by atoms with Crippen LogP contribution < -0.4 is 5.73 Å². The summed E-state index contributed by atoms with van der Waals surface area (Å²) in [6.45, 7) is 18.5. The third-order valence-electron chi connectivity index (χ3n) is 9.09. The van der Waals surface area contributed by atoms with Gasteiger partial charge in [0.15, 0.2) is 5.82 Å². The summed E-state index contributed by atoms with van der Waals surface area (Å²) in [5.41, 5.74) is 10.1. The smallest absolute Gasteiger partial charge is 0.309 e. The number of carbonyl (C=O) groups is 2. The Labute approximate surface area is 270 Å². The molecule has 45 heavy (non-hydrogen) atoms. The summed E-state index contributed by atoms with van der Waals surface area (Å²) in [5.74, 6) is -3.13. The van der Waals surface area contributed by atoms with Crippen LogP contribution in [0.5, 0.6) is 0 Å². The van der Waals surface area contributed by atoms with Gasteiger partial charge in [-0.25, -0.2) is 18.7 Å². The van der Waals surface area contributed by atoms with Crippen LogP contribution in [0.3, 0.4) is 0 Å². The molecule has 0 spiro atoms. The van der Waals surface area contributed by atoms with Crippen molar-refractivity contribution in [2.45, 2.75) is 118 Å². The highest BCUT2D eigenvalue weighted by molar-refractivity contribution is 8.05. The van der Waals surface area contributed by atoms with Gasteiger partial charge < -0.3 is 15.4 Å². The molecular formula is C35H48F2N4O3S. The van der Waals surface area contributed by atoms with Gasteiger partial charge in [0, 0.05) is 53.2 Å². The molecule has 1 fully saturated rings. The Balaban J connectivity index is 2.12. The molecule has 0 saturated heterocycles. The number of Topliss-reactive ketones (excluding diaryl/α,β-unsaturated/α-hetero) is 1. The molecule has 3 N–H and O–H groups in total. The Hall–Kier alpha value is -3.27. The molecule has 2 aromatic heterocycles.